The zero-order valence-corrected chi connectivity index (χ0v) is 12.5. The second kappa shape index (κ2) is 6.03. The number of benzene rings is 1. The molecule has 0 aliphatic rings. The largest absolute Gasteiger partial charge is 0.477 e. The van der Waals surface area contributed by atoms with Gasteiger partial charge < -0.3 is 10.4 Å². The average Bonchev–Trinajstić information content (AvgIpc) is 3.03. The van der Waals surface area contributed by atoms with Crippen molar-refractivity contribution in [2.45, 2.75) is 13.5 Å². The van der Waals surface area contributed by atoms with Gasteiger partial charge in [0, 0.05) is 12.6 Å². The molecule has 0 unspecified atom stereocenters. The zero-order valence-electron chi connectivity index (χ0n) is 12.5. The third kappa shape index (κ3) is 2.91. The van der Waals surface area contributed by atoms with Crippen LogP contribution in [0.15, 0.2) is 30.6 Å². The Morgan fingerprint density at radius 2 is 2.12 bits per heavy atom. The number of carboxylic acid groups (broad SMARTS) is 1. The number of amides is 1. The van der Waals surface area contributed by atoms with Gasteiger partial charge in [-0.15, -0.1) is 0 Å². The van der Waals surface area contributed by atoms with Crippen LogP contribution in [0.3, 0.4) is 0 Å². The molecule has 2 aromatic heterocycles. The normalized spacial score (nSPS) is 10.8. The van der Waals surface area contributed by atoms with Gasteiger partial charge in [0.05, 0.1) is 0 Å². The van der Waals surface area contributed by atoms with Crippen LogP contribution in [-0.4, -0.2) is 36.6 Å². The molecule has 8 nitrogen and oxygen atoms in total. The molecule has 2 heterocycles. The minimum atomic E-state index is -1.25. The van der Waals surface area contributed by atoms with Gasteiger partial charge in [0.2, 0.25) is 0 Å². The highest BCUT2D eigenvalue weighted by molar-refractivity contribution is 5.95. The van der Waals surface area contributed by atoms with Gasteiger partial charge in [0.15, 0.2) is 5.69 Å². The zero-order chi connectivity index (χ0) is 17.3. The molecule has 24 heavy (non-hydrogen) atoms. The summed E-state index contributed by atoms with van der Waals surface area (Å²) in [5, 5.41) is 15.5. The molecule has 3 rings (SSSR count). The van der Waals surface area contributed by atoms with Gasteiger partial charge >= 0.3 is 5.97 Å². The topological polar surface area (TPSA) is 109 Å². The Hall–Kier alpha value is -3.36. The summed E-state index contributed by atoms with van der Waals surface area (Å²) < 4.78 is 14.3. The molecular formula is C15H12FN5O3. The maximum atomic E-state index is 13.2. The van der Waals surface area contributed by atoms with Crippen LogP contribution in [0.1, 0.15) is 32.1 Å². The number of nitrogens with zero attached hydrogens (tertiary/aromatic N) is 4. The first-order valence-corrected chi connectivity index (χ1v) is 6.93. The van der Waals surface area contributed by atoms with Crippen molar-refractivity contribution in [2.75, 3.05) is 0 Å². The van der Waals surface area contributed by atoms with E-state index in [-0.39, 0.29) is 29.5 Å². The van der Waals surface area contributed by atoms with Crippen LogP contribution < -0.4 is 5.32 Å². The highest BCUT2D eigenvalue weighted by Gasteiger charge is 2.17. The van der Waals surface area contributed by atoms with Crippen molar-refractivity contribution < 1.29 is 19.1 Å². The van der Waals surface area contributed by atoms with Crippen LogP contribution in [0.5, 0.6) is 0 Å². The minimum Gasteiger partial charge on any atom is -0.477 e. The summed E-state index contributed by atoms with van der Waals surface area (Å²) in [4.78, 5) is 31.2. The van der Waals surface area contributed by atoms with Gasteiger partial charge in [-0.3, -0.25) is 4.79 Å². The first-order valence-electron chi connectivity index (χ1n) is 6.93. The van der Waals surface area contributed by atoms with E-state index in [0.29, 0.717) is 11.1 Å². The van der Waals surface area contributed by atoms with E-state index in [2.05, 4.69) is 20.4 Å². The molecule has 0 radical (unpaired) electrons. The van der Waals surface area contributed by atoms with E-state index in [4.69, 9.17) is 0 Å². The van der Waals surface area contributed by atoms with Crippen LogP contribution in [0.4, 0.5) is 4.39 Å². The monoisotopic (exact) mass is 329 g/mol. The molecule has 1 amide bonds. The van der Waals surface area contributed by atoms with Crippen LogP contribution in [0, 0.1) is 12.7 Å². The van der Waals surface area contributed by atoms with Gasteiger partial charge in [-0.25, -0.2) is 14.2 Å². The molecule has 9 heteroatoms. The number of aromatic nitrogens is 4. The second-order valence-electron chi connectivity index (χ2n) is 5.07. The fraction of sp³-hybridized carbons (Fsp3) is 0.133. The van der Waals surface area contributed by atoms with Gasteiger partial charge in [-0.05, 0) is 24.1 Å². The number of carbonyl (C=O) groups excluding carboxylic acids is 1. The minimum absolute atomic E-state index is 0.0117. The number of aromatic carboxylic acids is 1. The molecule has 2 N–H and O–H groups in total. The van der Waals surface area contributed by atoms with Crippen LogP contribution in [-0.2, 0) is 6.54 Å². The molecule has 0 saturated heterocycles. The van der Waals surface area contributed by atoms with Crippen molar-refractivity contribution >= 4 is 17.7 Å². The highest BCUT2D eigenvalue weighted by atomic mass is 19.1. The van der Waals surface area contributed by atoms with Gasteiger partial charge in [-0.2, -0.15) is 14.6 Å². The number of aryl methyl sites for hydroxylation is 1. The van der Waals surface area contributed by atoms with Crippen LogP contribution in [0.25, 0.3) is 5.78 Å². The molecule has 0 spiro atoms. The third-order valence-electron chi connectivity index (χ3n) is 3.38. The molecule has 1 aromatic carbocycles. The maximum Gasteiger partial charge on any atom is 0.354 e. The molecule has 0 aliphatic heterocycles. The van der Waals surface area contributed by atoms with Gasteiger partial charge in [0.25, 0.3) is 11.7 Å². The van der Waals surface area contributed by atoms with Gasteiger partial charge in [-0.1, -0.05) is 12.1 Å². The number of fused-ring (bicyclic) bond motifs is 1. The van der Waals surface area contributed by atoms with E-state index in [1.165, 1.54) is 6.07 Å². The molecule has 0 saturated carbocycles. The summed E-state index contributed by atoms with van der Waals surface area (Å²) in [6, 6.07) is 5.61. The Balaban J connectivity index is 1.83. The van der Waals surface area contributed by atoms with Crippen LogP contribution in [0.2, 0.25) is 0 Å². The number of carboxylic acids is 1. The lowest BCUT2D eigenvalue weighted by Gasteiger charge is -2.07. The number of hydrogen-bond donors (Lipinski definition) is 2. The van der Waals surface area contributed by atoms with Crippen molar-refractivity contribution in [3.05, 3.63) is 58.9 Å². The van der Waals surface area contributed by atoms with E-state index in [1.54, 1.807) is 19.1 Å². The third-order valence-corrected chi connectivity index (χ3v) is 3.38. The lowest BCUT2D eigenvalue weighted by atomic mass is 10.1. The Morgan fingerprint density at radius 1 is 1.33 bits per heavy atom. The van der Waals surface area contributed by atoms with Crippen LogP contribution >= 0.6 is 0 Å². The first kappa shape index (κ1) is 15.5. The summed E-state index contributed by atoms with van der Waals surface area (Å²) >= 11 is 0. The molecule has 0 bridgehead atoms. The fourth-order valence-corrected chi connectivity index (χ4v) is 2.17. The van der Waals surface area contributed by atoms with E-state index in [1.807, 2.05) is 0 Å². The van der Waals surface area contributed by atoms with Crippen molar-refractivity contribution in [3.63, 3.8) is 0 Å². The molecule has 0 aliphatic carbocycles. The number of nitrogens with one attached hydrogen (secondary N) is 1. The predicted octanol–water partition coefficient (Wildman–Crippen LogP) is 1.20. The fourth-order valence-electron chi connectivity index (χ4n) is 2.17. The lowest BCUT2D eigenvalue weighted by molar-refractivity contribution is 0.0687. The summed E-state index contributed by atoms with van der Waals surface area (Å²) in [7, 11) is 0. The number of halogens is 1. The second-order valence-corrected chi connectivity index (χ2v) is 5.07. The predicted molar refractivity (Wildman–Crippen MR) is 80.0 cm³/mol. The Morgan fingerprint density at radius 3 is 2.83 bits per heavy atom. The van der Waals surface area contributed by atoms with Gasteiger partial charge in [0.1, 0.15) is 17.8 Å². The van der Waals surface area contributed by atoms with E-state index in [0.717, 1.165) is 16.9 Å². The van der Waals surface area contributed by atoms with E-state index < -0.39 is 11.9 Å². The summed E-state index contributed by atoms with van der Waals surface area (Å²) in [6.07, 6.45) is 1.15. The van der Waals surface area contributed by atoms with Crippen molar-refractivity contribution in [3.8, 4) is 0 Å². The molecular weight excluding hydrogens is 317 g/mol. The lowest BCUT2D eigenvalue weighted by Crippen LogP contribution is -2.25. The standard InChI is InChI=1S/C15H12FN5O3/c1-8-4-9(2-3-10(8)16)6-17-13(22)11-5-12(14(23)24)21-15(20-11)18-7-19-21/h2-5,7H,6H2,1H3,(H,17,22)(H,23,24). The maximum absolute atomic E-state index is 13.2. The molecule has 0 fully saturated rings. The quantitative estimate of drug-likeness (QED) is 0.744. The summed E-state index contributed by atoms with van der Waals surface area (Å²) in [5.41, 5.74) is 0.870. The SMILES string of the molecule is Cc1cc(CNC(=O)c2cc(C(=O)O)n3ncnc3n2)ccc1F. The number of carbonyl (C=O) groups is 2. The first-order chi connectivity index (χ1) is 11.5. The molecule has 0 atom stereocenters. The Kier molecular flexibility index (Phi) is 3.90. The molecule has 3 aromatic rings. The van der Waals surface area contributed by atoms with Crippen molar-refractivity contribution in [1.82, 2.24) is 24.9 Å². The number of hydrogen-bond acceptors (Lipinski definition) is 5. The summed E-state index contributed by atoms with van der Waals surface area (Å²) in [5.74, 6) is -2.13. The Bertz CT molecular complexity index is 953. The van der Waals surface area contributed by atoms with E-state index in [9.17, 15) is 19.1 Å². The van der Waals surface area contributed by atoms with Crippen molar-refractivity contribution in [1.29, 1.82) is 0 Å². The average molecular weight is 329 g/mol. The van der Waals surface area contributed by atoms with Crippen molar-refractivity contribution in [2.24, 2.45) is 0 Å². The number of rotatable bonds is 4. The highest BCUT2D eigenvalue weighted by Crippen LogP contribution is 2.10. The summed E-state index contributed by atoms with van der Waals surface area (Å²) in [6.45, 7) is 1.78. The smallest absolute Gasteiger partial charge is 0.354 e. The Labute approximate surface area is 135 Å². The van der Waals surface area contributed by atoms with E-state index >= 15 is 0 Å². The molecule has 122 valence electrons.